The normalized spacial score (nSPS) is 13.6. The number of hydrogen-bond donors (Lipinski definition) is 1. The van der Waals surface area contributed by atoms with Crippen molar-refractivity contribution in [3.8, 4) is 5.75 Å². The predicted octanol–water partition coefficient (Wildman–Crippen LogP) is 2.40. The molecule has 0 radical (unpaired) electrons. The van der Waals surface area contributed by atoms with Gasteiger partial charge in [0.1, 0.15) is 5.75 Å². The van der Waals surface area contributed by atoms with Crippen LogP contribution in [0.2, 0.25) is 0 Å². The second kappa shape index (κ2) is 5.57. The number of fused-ring (bicyclic) bond motifs is 1. The lowest BCUT2D eigenvalue weighted by molar-refractivity contribution is -0.117. The van der Waals surface area contributed by atoms with Gasteiger partial charge >= 0.3 is 0 Å². The van der Waals surface area contributed by atoms with Crippen LogP contribution in [0.4, 0.5) is 11.4 Å². The van der Waals surface area contributed by atoms with Crippen molar-refractivity contribution in [2.45, 2.75) is 0 Å². The van der Waals surface area contributed by atoms with E-state index in [1.807, 2.05) is 17.5 Å². The van der Waals surface area contributed by atoms with Crippen LogP contribution in [0.25, 0.3) is 0 Å². The van der Waals surface area contributed by atoms with Gasteiger partial charge in [0.15, 0.2) is 5.78 Å². The third kappa shape index (κ3) is 2.62. The zero-order valence-electron chi connectivity index (χ0n) is 11.5. The van der Waals surface area contributed by atoms with Crippen molar-refractivity contribution in [2.24, 2.45) is 0 Å². The average Bonchev–Trinajstić information content (AvgIpc) is 3.04. The molecular formula is C15H14N2O3S. The molecule has 1 amide bonds. The molecule has 0 fully saturated rings. The standard InChI is InChI=1S/C15H14N2O3S/c1-20-10-4-5-12-11(7-10)16-8-15(19)17(12)9-13(18)14-3-2-6-21-14/h2-7,16H,8-9H2,1H3. The van der Waals surface area contributed by atoms with Crippen molar-refractivity contribution in [2.75, 3.05) is 30.4 Å². The van der Waals surface area contributed by atoms with E-state index >= 15 is 0 Å². The van der Waals surface area contributed by atoms with Crippen molar-refractivity contribution < 1.29 is 14.3 Å². The Labute approximate surface area is 126 Å². The van der Waals surface area contributed by atoms with E-state index in [0.717, 1.165) is 5.69 Å². The van der Waals surface area contributed by atoms with Gasteiger partial charge in [-0.3, -0.25) is 9.59 Å². The van der Waals surface area contributed by atoms with Gasteiger partial charge in [-0.2, -0.15) is 0 Å². The number of anilines is 2. The van der Waals surface area contributed by atoms with Gasteiger partial charge in [0, 0.05) is 6.07 Å². The highest BCUT2D eigenvalue weighted by atomic mass is 32.1. The van der Waals surface area contributed by atoms with Gasteiger partial charge < -0.3 is 15.0 Å². The molecule has 0 spiro atoms. The van der Waals surface area contributed by atoms with Gasteiger partial charge in [-0.1, -0.05) is 6.07 Å². The van der Waals surface area contributed by atoms with Crippen LogP contribution in [0.1, 0.15) is 9.67 Å². The summed E-state index contributed by atoms with van der Waals surface area (Å²) in [6.45, 7) is 0.234. The first-order chi connectivity index (χ1) is 10.2. The number of rotatable bonds is 4. The summed E-state index contributed by atoms with van der Waals surface area (Å²) in [5.74, 6) is 0.541. The fourth-order valence-electron chi connectivity index (χ4n) is 2.25. The number of ether oxygens (including phenoxy) is 1. The number of Topliss-reactive ketones (excluding diaryl/α,β-unsaturated/α-hetero) is 1. The molecule has 1 N–H and O–H groups in total. The molecule has 2 heterocycles. The maximum atomic E-state index is 12.2. The summed E-state index contributed by atoms with van der Waals surface area (Å²) in [5.41, 5.74) is 1.50. The van der Waals surface area contributed by atoms with Crippen molar-refractivity contribution in [3.05, 3.63) is 40.6 Å². The Bertz CT molecular complexity index is 682. The number of nitrogens with one attached hydrogen (secondary N) is 1. The SMILES string of the molecule is COc1ccc2c(c1)NCC(=O)N2CC(=O)c1cccs1. The molecule has 0 atom stereocenters. The Balaban J connectivity index is 1.89. The summed E-state index contributed by atoms with van der Waals surface area (Å²) in [6, 6.07) is 9.00. The van der Waals surface area contributed by atoms with Crippen LogP contribution < -0.4 is 15.0 Å². The minimum absolute atomic E-state index is 0.0537. The second-order valence-corrected chi connectivity index (χ2v) is 5.56. The lowest BCUT2D eigenvalue weighted by Gasteiger charge is -2.29. The summed E-state index contributed by atoms with van der Waals surface area (Å²) in [6.07, 6.45) is 0. The number of amides is 1. The molecule has 0 unspecified atom stereocenters. The van der Waals surface area contributed by atoms with E-state index in [4.69, 9.17) is 4.74 Å². The number of carbonyl (C=O) groups is 2. The van der Waals surface area contributed by atoms with Crippen LogP contribution in [0.15, 0.2) is 35.7 Å². The summed E-state index contributed by atoms with van der Waals surface area (Å²) >= 11 is 1.39. The molecule has 0 bridgehead atoms. The third-order valence-electron chi connectivity index (χ3n) is 3.32. The monoisotopic (exact) mass is 302 g/mol. The number of thiophene rings is 1. The zero-order valence-corrected chi connectivity index (χ0v) is 12.3. The van der Waals surface area contributed by atoms with Gasteiger partial charge in [-0.05, 0) is 23.6 Å². The molecule has 21 heavy (non-hydrogen) atoms. The molecule has 1 aromatic heterocycles. The molecule has 1 aromatic carbocycles. The van der Waals surface area contributed by atoms with Crippen LogP contribution in [0.5, 0.6) is 5.75 Å². The first kappa shape index (κ1) is 13.6. The number of ketones is 1. The van der Waals surface area contributed by atoms with Crippen LogP contribution in [-0.2, 0) is 4.79 Å². The highest BCUT2D eigenvalue weighted by Crippen LogP contribution is 2.33. The van der Waals surface area contributed by atoms with E-state index in [2.05, 4.69) is 5.32 Å². The highest BCUT2D eigenvalue weighted by Gasteiger charge is 2.26. The molecule has 0 saturated carbocycles. The number of benzene rings is 1. The summed E-state index contributed by atoms with van der Waals surface area (Å²) in [4.78, 5) is 26.5. The fourth-order valence-corrected chi connectivity index (χ4v) is 2.91. The average molecular weight is 302 g/mol. The van der Waals surface area contributed by atoms with E-state index in [1.165, 1.54) is 16.2 Å². The molecule has 0 aliphatic carbocycles. The minimum atomic E-state index is -0.113. The largest absolute Gasteiger partial charge is 0.497 e. The van der Waals surface area contributed by atoms with E-state index < -0.39 is 0 Å². The Morgan fingerprint density at radius 1 is 1.43 bits per heavy atom. The van der Waals surface area contributed by atoms with E-state index in [-0.39, 0.29) is 24.8 Å². The van der Waals surface area contributed by atoms with Crippen LogP contribution in [0, 0.1) is 0 Å². The van der Waals surface area contributed by atoms with Crippen molar-refractivity contribution in [3.63, 3.8) is 0 Å². The minimum Gasteiger partial charge on any atom is -0.497 e. The highest BCUT2D eigenvalue weighted by molar-refractivity contribution is 7.12. The fraction of sp³-hybridized carbons (Fsp3) is 0.200. The predicted molar refractivity (Wildman–Crippen MR) is 82.5 cm³/mol. The number of methoxy groups -OCH3 is 1. The quantitative estimate of drug-likeness (QED) is 0.881. The summed E-state index contributed by atoms with van der Waals surface area (Å²) in [7, 11) is 1.59. The number of nitrogens with zero attached hydrogens (tertiary/aromatic N) is 1. The molecule has 3 rings (SSSR count). The molecule has 1 aliphatic rings. The van der Waals surface area contributed by atoms with Crippen LogP contribution in [0.3, 0.4) is 0 Å². The van der Waals surface area contributed by atoms with E-state index in [0.29, 0.717) is 16.3 Å². The third-order valence-corrected chi connectivity index (χ3v) is 4.23. The smallest absolute Gasteiger partial charge is 0.246 e. The molecule has 108 valence electrons. The maximum Gasteiger partial charge on any atom is 0.246 e. The van der Waals surface area contributed by atoms with E-state index in [1.54, 1.807) is 25.3 Å². The zero-order chi connectivity index (χ0) is 14.8. The first-order valence-electron chi connectivity index (χ1n) is 6.48. The van der Waals surface area contributed by atoms with Gasteiger partial charge in [-0.25, -0.2) is 0 Å². The molecule has 2 aromatic rings. The molecule has 1 aliphatic heterocycles. The Morgan fingerprint density at radius 3 is 3.00 bits per heavy atom. The second-order valence-electron chi connectivity index (χ2n) is 4.62. The molecule has 0 saturated heterocycles. The van der Waals surface area contributed by atoms with Gasteiger partial charge in [-0.15, -0.1) is 11.3 Å². The van der Waals surface area contributed by atoms with E-state index in [9.17, 15) is 9.59 Å². The first-order valence-corrected chi connectivity index (χ1v) is 7.36. The van der Waals surface area contributed by atoms with Crippen LogP contribution >= 0.6 is 11.3 Å². The molecule has 5 nitrogen and oxygen atoms in total. The van der Waals surface area contributed by atoms with Crippen molar-refractivity contribution in [1.29, 1.82) is 0 Å². The van der Waals surface area contributed by atoms with Crippen molar-refractivity contribution >= 4 is 34.4 Å². The summed E-state index contributed by atoms with van der Waals surface area (Å²) < 4.78 is 5.17. The Morgan fingerprint density at radius 2 is 2.29 bits per heavy atom. The van der Waals surface area contributed by atoms with Crippen molar-refractivity contribution in [1.82, 2.24) is 0 Å². The topological polar surface area (TPSA) is 58.6 Å². The lowest BCUT2D eigenvalue weighted by Crippen LogP contribution is -2.42. The summed E-state index contributed by atoms with van der Waals surface area (Å²) in [5, 5.41) is 4.90. The Hall–Kier alpha value is -2.34. The van der Waals surface area contributed by atoms with Gasteiger partial charge in [0.25, 0.3) is 0 Å². The maximum absolute atomic E-state index is 12.2. The Kier molecular flexibility index (Phi) is 3.62. The van der Waals surface area contributed by atoms with Gasteiger partial charge in [0.2, 0.25) is 5.91 Å². The molecule has 6 heteroatoms. The number of carbonyl (C=O) groups excluding carboxylic acids is 2. The lowest BCUT2D eigenvalue weighted by atomic mass is 10.1. The van der Waals surface area contributed by atoms with Crippen LogP contribution in [-0.4, -0.2) is 31.9 Å². The van der Waals surface area contributed by atoms with Gasteiger partial charge in [0.05, 0.1) is 36.5 Å². The number of hydrogen-bond acceptors (Lipinski definition) is 5. The molecular weight excluding hydrogens is 288 g/mol.